The molecular formula is C13H17ClO2. The van der Waals surface area contributed by atoms with Crippen molar-refractivity contribution in [1.82, 2.24) is 0 Å². The van der Waals surface area contributed by atoms with Gasteiger partial charge in [0.05, 0.1) is 12.2 Å². The third kappa shape index (κ3) is 3.24. The van der Waals surface area contributed by atoms with Gasteiger partial charge in [0.1, 0.15) is 0 Å². The molecule has 0 unspecified atom stereocenters. The molecule has 0 saturated heterocycles. The molecule has 0 fully saturated rings. The molecule has 0 amide bonds. The SMILES string of the molecule is CCCc1ccc(C(=O)OCC)cc1CCl. The van der Waals surface area contributed by atoms with Crippen molar-refractivity contribution in [3.8, 4) is 0 Å². The molecule has 0 bridgehead atoms. The summed E-state index contributed by atoms with van der Waals surface area (Å²) in [5.41, 5.74) is 2.82. The molecule has 0 saturated carbocycles. The average molecular weight is 241 g/mol. The van der Waals surface area contributed by atoms with Crippen molar-refractivity contribution in [2.75, 3.05) is 6.61 Å². The standard InChI is InChI=1S/C13H17ClO2/c1-3-5-10-6-7-11(8-12(10)9-14)13(15)16-4-2/h6-8H,3-5,9H2,1-2H3. The highest BCUT2D eigenvalue weighted by atomic mass is 35.5. The summed E-state index contributed by atoms with van der Waals surface area (Å²) in [5.74, 6) is 0.152. The van der Waals surface area contributed by atoms with Gasteiger partial charge in [-0.3, -0.25) is 0 Å². The lowest BCUT2D eigenvalue weighted by atomic mass is 10.0. The number of rotatable bonds is 5. The zero-order chi connectivity index (χ0) is 12.0. The van der Waals surface area contributed by atoms with Crippen molar-refractivity contribution in [2.24, 2.45) is 0 Å². The van der Waals surface area contributed by atoms with Gasteiger partial charge in [-0.05, 0) is 36.6 Å². The number of ether oxygens (including phenoxy) is 1. The second-order valence-corrected chi connectivity index (χ2v) is 3.85. The molecule has 0 spiro atoms. The third-order valence-corrected chi connectivity index (χ3v) is 2.67. The minimum atomic E-state index is -0.281. The maximum Gasteiger partial charge on any atom is 0.338 e. The van der Waals surface area contributed by atoms with E-state index in [4.69, 9.17) is 16.3 Å². The van der Waals surface area contributed by atoms with Crippen molar-refractivity contribution in [2.45, 2.75) is 32.6 Å². The number of carbonyl (C=O) groups is 1. The molecule has 88 valence electrons. The number of hydrogen-bond acceptors (Lipinski definition) is 2. The van der Waals surface area contributed by atoms with E-state index in [0.29, 0.717) is 18.1 Å². The summed E-state index contributed by atoms with van der Waals surface area (Å²) in [6.45, 7) is 4.31. The predicted molar refractivity (Wildman–Crippen MR) is 66.0 cm³/mol. The molecule has 0 aliphatic rings. The molecule has 0 aliphatic heterocycles. The van der Waals surface area contributed by atoms with Crippen LogP contribution in [-0.4, -0.2) is 12.6 Å². The molecule has 16 heavy (non-hydrogen) atoms. The van der Waals surface area contributed by atoms with Gasteiger partial charge < -0.3 is 4.74 Å². The second kappa shape index (κ2) is 6.54. The minimum absolute atomic E-state index is 0.281. The Morgan fingerprint density at radius 2 is 2.06 bits per heavy atom. The molecule has 0 N–H and O–H groups in total. The van der Waals surface area contributed by atoms with Gasteiger partial charge in [-0.25, -0.2) is 4.79 Å². The average Bonchev–Trinajstić information content (AvgIpc) is 2.30. The van der Waals surface area contributed by atoms with Crippen LogP contribution in [0.1, 0.15) is 41.8 Å². The van der Waals surface area contributed by atoms with Crippen LogP contribution in [0.4, 0.5) is 0 Å². The van der Waals surface area contributed by atoms with Crippen LogP contribution in [0, 0.1) is 0 Å². The molecule has 3 heteroatoms. The topological polar surface area (TPSA) is 26.3 Å². The van der Waals surface area contributed by atoms with Gasteiger partial charge in [-0.2, -0.15) is 0 Å². The molecule has 0 atom stereocenters. The van der Waals surface area contributed by atoms with Gasteiger partial charge >= 0.3 is 5.97 Å². The Morgan fingerprint density at radius 1 is 1.31 bits per heavy atom. The van der Waals surface area contributed by atoms with Crippen LogP contribution < -0.4 is 0 Å². The van der Waals surface area contributed by atoms with Crippen LogP contribution in [0.5, 0.6) is 0 Å². The quantitative estimate of drug-likeness (QED) is 0.581. The first-order chi connectivity index (χ1) is 7.72. The summed E-state index contributed by atoms with van der Waals surface area (Å²) in [5, 5.41) is 0. The van der Waals surface area contributed by atoms with Crippen LogP contribution in [0.15, 0.2) is 18.2 Å². The highest BCUT2D eigenvalue weighted by Gasteiger charge is 2.09. The van der Waals surface area contributed by atoms with E-state index < -0.39 is 0 Å². The van der Waals surface area contributed by atoms with Crippen LogP contribution in [0.2, 0.25) is 0 Å². The molecule has 0 aromatic heterocycles. The van der Waals surface area contributed by atoms with Gasteiger partial charge in [0.25, 0.3) is 0 Å². The van der Waals surface area contributed by atoms with E-state index in [0.717, 1.165) is 18.4 Å². The van der Waals surface area contributed by atoms with Crippen molar-refractivity contribution < 1.29 is 9.53 Å². The first-order valence-electron chi connectivity index (χ1n) is 5.57. The number of esters is 1. The lowest BCUT2D eigenvalue weighted by molar-refractivity contribution is 0.0526. The summed E-state index contributed by atoms with van der Waals surface area (Å²) in [7, 11) is 0. The maximum absolute atomic E-state index is 11.5. The summed E-state index contributed by atoms with van der Waals surface area (Å²) in [6.07, 6.45) is 2.06. The lowest BCUT2D eigenvalue weighted by Gasteiger charge is -2.08. The van der Waals surface area contributed by atoms with E-state index in [9.17, 15) is 4.79 Å². The zero-order valence-electron chi connectivity index (χ0n) is 9.75. The van der Waals surface area contributed by atoms with Crippen LogP contribution in [-0.2, 0) is 17.0 Å². The summed E-state index contributed by atoms with van der Waals surface area (Å²) >= 11 is 5.87. The van der Waals surface area contributed by atoms with Crippen molar-refractivity contribution in [1.29, 1.82) is 0 Å². The summed E-state index contributed by atoms with van der Waals surface area (Å²) in [4.78, 5) is 11.5. The van der Waals surface area contributed by atoms with Gasteiger partial charge in [-0.15, -0.1) is 11.6 Å². The number of carbonyl (C=O) groups excluding carboxylic acids is 1. The van der Waals surface area contributed by atoms with Crippen molar-refractivity contribution in [3.63, 3.8) is 0 Å². The fraction of sp³-hybridized carbons (Fsp3) is 0.462. The van der Waals surface area contributed by atoms with Crippen molar-refractivity contribution >= 4 is 17.6 Å². The Balaban J connectivity index is 2.94. The Labute approximate surface area is 102 Å². The van der Waals surface area contributed by atoms with E-state index >= 15 is 0 Å². The van der Waals surface area contributed by atoms with E-state index in [1.54, 1.807) is 13.0 Å². The fourth-order valence-electron chi connectivity index (χ4n) is 1.60. The normalized spacial score (nSPS) is 10.2. The first kappa shape index (κ1) is 13.0. The van der Waals surface area contributed by atoms with Crippen molar-refractivity contribution in [3.05, 3.63) is 34.9 Å². The number of alkyl halides is 1. The van der Waals surface area contributed by atoms with E-state index in [2.05, 4.69) is 6.92 Å². The third-order valence-electron chi connectivity index (χ3n) is 2.38. The second-order valence-electron chi connectivity index (χ2n) is 3.59. The lowest BCUT2D eigenvalue weighted by Crippen LogP contribution is -2.06. The molecule has 0 radical (unpaired) electrons. The highest BCUT2D eigenvalue weighted by molar-refractivity contribution is 6.17. The molecule has 1 aromatic rings. The van der Waals surface area contributed by atoms with Gasteiger partial charge in [0.2, 0.25) is 0 Å². The van der Waals surface area contributed by atoms with E-state index in [1.807, 2.05) is 12.1 Å². The Bertz CT molecular complexity index is 361. The van der Waals surface area contributed by atoms with Gasteiger partial charge in [0, 0.05) is 5.88 Å². The highest BCUT2D eigenvalue weighted by Crippen LogP contribution is 2.17. The van der Waals surface area contributed by atoms with Gasteiger partial charge in [0.15, 0.2) is 0 Å². The van der Waals surface area contributed by atoms with Crippen LogP contribution in [0.3, 0.4) is 0 Å². The smallest absolute Gasteiger partial charge is 0.338 e. The monoisotopic (exact) mass is 240 g/mol. The fourth-order valence-corrected chi connectivity index (χ4v) is 1.85. The summed E-state index contributed by atoms with van der Waals surface area (Å²) < 4.78 is 4.95. The molecule has 2 nitrogen and oxygen atoms in total. The van der Waals surface area contributed by atoms with Gasteiger partial charge in [-0.1, -0.05) is 19.4 Å². The van der Waals surface area contributed by atoms with E-state index in [-0.39, 0.29) is 5.97 Å². The minimum Gasteiger partial charge on any atom is -0.462 e. The molecule has 1 aromatic carbocycles. The molecule has 0 aliphatic carbocycles. The predicted octanol–water partition coefficient (Wildman–Crippen LogP) is 3.55. The largest absolute Gasteiger partial charge is 0.462 e. The molecule has 0 heterocycles. The number of aryl methyl sites for hydroxylation is 1. The Kier molecular flexibility index (Phi) is 5.33. The van der Waals surface area contributed by atoms with Crippen LogP contribution >= 0.6 is 11.6 Å². The Morgan fingerprint density at radius 3 is 2.62 bits per heavy atom. The number of halogens is 1. The maximum atomic E-state index is 11.5. The summed E-state index contributed by atoms with van der Waals surface area (Å²) in [6, 6.07) is 5.60. The Hall–Kier alpha value is -1.02. The molecular weight excluding hydrogens is 224 g/mol. The van der Waals surface area contributed by atoms with Crippen LogP contribution in [0.25, 0.3) is 0 Å². The molecule has 1 rings (SSSR count). The number of hydrogen-bond donors (Lipinski definition) is 0. The zero-order valence-corrected chi connectivity index (χ0v) is 10.5. The first-order valence-corrected chi connectivity index (χ1v) is 6.11. The van der Waals surface area contributed by atoms with E-state index in [1.165, 1.54) is 5.56 Å². The number of benzene rings is 1.